The summed E-state index contributed by atoms with van der Waals surface area (Å²) in [5, 5.41) is 27.9. The van der Waals surface area contributed by atoms with Gasteiger partial charge in [-0.25, -0.2) is 0 Å². The number of nitrogens with zero attached hydrogens (tertiary/aromatic N) is 1. The minimum atomic E-state index is -1.72. The van der Waals surface area contributed by atoms with Crippen LogP contribution in [-0.4, -0.2) is 75.4 Å². The number of hydrogen-bond donors (Lipinski definition) is 4. The van der Waals surface area contributed by atoms with Gasteiger partial charge in [0.2, 0.25) is 11.8 Å². The third-order valence-corrected chi connectivity index (χ3v) is 10.9. The minimum Gasteiger partial charge on any atom is -0.426 e. The minimum absolute atomic E-state index is 0.0292. The standard InChI is InChI=1S/C37H48BN3O5S/c1-25(2)34(38(45)46)40-36(43)33-23-31(47-20-19-26-11-5-3-6-12-26)24-41(33)37(44)32(21-27-13-7-4-8-14-27)39-35(42)30-18-17-28-15-9-10-16-29(28)22-30/h3,5-6,9-12,15-18,22,25,27,31-34,45-46H,4,7-8,13-14,19-21,23-24H2,1-2H3,(H,39,42)(H,40,43)/t31-,32-,33?,34?/m1/s1. The van der Waals surface area contributed by atoms with Crippen LogP contribution in [0.15, 0.2) is 72.8 Å². The fourth-order valence-corrected chi connectivity index (χ4v) is 8.27. The highest BCUT2D eigenvalue weighted by Crippen LogP contribution is 2.32. The van der Waals surface area contributed by atoms with Crippen LogP contribution in [0.1, 0.15) is 74.7 Å². The van der Waals surface area contributed by atoms with Crippen LogP contribution in [0.4, 0.5) is 0 Å². The van der Waals surface area contributed by atoms with Gasteiger partial charge in [0.1, 0.15) is 12.1 Å². The SMILES string of the molecule is CC(C)C(NC(=O)C1C[C@@H](SCCc2ccccc2)CN1C(=O)[C@@H](CC1CCCCC1)NC(=O)c1ccc2ccccc2c1)B(O)O. The molecule has 1 aliphatic carbocycles. The highest BCUT2D eigenvalue weighted by atomic mass is 32.2. The Morgan fingerprint density at radius 3 is 2.32 bits per heavy atom. The van der Waals surface area contributed by atoms with Crippen LogP contribution in [0.25, 0.3) is 10.8 Å². The van der Waals surface area contributed by atoms with Gasteiger partial charge in [-0.3, -0.25) is 14.4 Å². The Morgan fingerprint density at radius 1 is 0.915 bits per heavy atom. The summed E-state index contributed by atoms with van der Waals surface area (Å²) in [5.41, 5.74) is 1.73. The topological polar surface area (TPSA) is 119 Å². The quantitative estimate of drug-likeness (QED) is 0.192. The molecule has 250 valence electrons. The lowest BCUT2D eigenvalue weighted by Gasteiger charge is -2.32. The number of nitrogens with one attached hydrogen (secondary N) is 2. The van der Waals surface area contributed by atoms with E-state index in [9.17, 15) is 24.4 Å². The van der Waals surface area contributed by atoms with Gasteiger partial charge in [0.05, 0.1) is 5.94 Å². The maximum atomic E-state index is 14.5. The molecule has 5 rings (SSSR count). The molecule has 0 bridgehead atoms. The van der Waals surface area contributed by atoms with Crippen LogP contribution in [0, 0.1) is 11.8 Å². The number of amides is 3. The van der Waals surface area contributed by atoms with Gasteiger partial charge >= 0.3 is 7.12 Å². The first-order valence-electron chi connectivity index (χ1n) is 17.1. The lowest BCUT2D eigenvalue weighted by molar-refractivity contribution is -0.140. The molecule has 3 aromatic carbocycles. The molecule has 4 atom stereocenters. The molecule has 8 nitrogen and oxygen atoms in total. The summed E-state index contributed by atoms with van der Waals surface area (Å²) < 4.78 is 0. The number of rotatable bonds is 13. The summed E-state index contributed by atoms with van der Waals surface area (Å²) in [4.78, 5) is 43.6. The number of carbonyl (C=O) groups excluding carboxylic acids is 3. The molecular weight excluding hydrogens is 609 g/mol. The second kappa shape index (κ2) is 16.7. The molecule has 3 aromatic rings. The fraction of sp³-hybridized carbons (Fsp3) is 0.486. The van der Waals surface area contributed by atoms with Crippen molar-refractivity contribution in [2.24, 2.45) is 11.8 Å². The van der Waals surface area contributed by atoms with Gasteiger partial charge < -0.3 is 25.6 Å². The molecular formula is C37H48BN3O5S. The second-order valence-corrected chi connectivity index (χ2v) is 14.9. The van der Waals surface area contributed by atoms with E-state index in [2.05, 4.69) is 22.8 Å². The van der Waals surface area contributed by atoms with E-state index in [4.69, 9.17) is 0 Å². The molecule has 3 amide bonds. The highest BCUT2D eigenvalue weighted by Gasteiger charge is 2.44. The molecule has 2 aliphatic rings. The maximum absolute atomic E-state index is 14.5. The van der Waals surface area contributed by atoms with E-state index in [1.165, 1.54) is 12.0 Å². The Morgan fingerprint density at radius 2 is 1.62 bits per heavy atom. The first-order chi connectivity index (χ1) is 22.7. The van der Waals surface area contributed by atoms with E-state index in [0.717, 1.165) is 48.6 Å². The van der Waals surface area contributed by atoms with Crippen LogP contribution >= 0.6 is 11.8 Å². The van der Waals surface area contributed by atoms with Crippen molar-refractivity contribution in [2.45, 2.75) is 88.5 Å². The smallest absolute Gasteiger partial charge is 0.426 e. The van der Waals surface area contributed by atoms with Crippen molar-refractivity contribution in [3.8, 4) is 0 Å². The summed E-state index contributed by atoms with van der Waals surface area (Å²) in [5.74, 6) is -0.873. The molecule has 4 N–H and O–H groups in total. The summed E-state index contributed by atoms with van der Waals surface area (Å²) >= 11 is 1.75. The van der Waals surface area contributed by atoms with E-state index >= 15 is 0 Å². The number of carbonyl (C=O) groups is 3. The van der Waals surface area contributed by atoms with Gasteiger partial charge in [-0.1, -0.05) is 107 Å². The molecule has 0 radical (unpaired) electrons. The van der Waals surface area contributed by atoms with Crippen molar-refractivity contribution in [3.05, 3.63) is 83.9 Å². The summed E-state index contributed by atoms with van der Waals surface area (Å²) in [6, 6.07) is 22.1. The maximum Gasteiger partial charge on any atom is 0.475 e. The Hall–Kier alpha value is -3.34. The van der Waals surface area contributed by atoms with Crippen LogP contribution < -0.4 is 10.6 Å². The number of likely N-dealkylation sites (tertiary alicyclic amines) is 1. The number of aryl methyl sites for hydroxylation is 1. The third-order valence-electron chi connectivity index (χ3n) is 9.69. The highest BCUT2D eigenvalue weighted by molar-refractivity contribution is 7.99. The Balaban J connectivity index is 1.36. The van der Waals surface area contributed by atoms with Gasteiger partial charge in [-0.2, -0.15) is 11.8 Å². The summed E-state index contributed by atoms with van der Waals surface area (Å²) in [6.45, 7) is 4.01. The van der Waals surface area contributed by atoms with Crippen molar-refractivity contribution in [2.75, 3.05) is 12.3 Å². The lowest BCUT2D eigenvalue weighted by Crippen LogP contribution is -2.57. The number of benzene rings is 3. The normalized spacial score (nSPS) is 19.8. The molecule has 1 heterocycles. The number of thioether (sulfide) groups is 1. The Bertz CT molecular complexity index is 1490. The number of hydrogen-bond acceptors (Lipinski definition) is 6. The molecule has 2 fully saturated rings. The summed E-state index contributed by atoms with van der Waals surface area (Å²) in [7, 11) is -1.72. The van der Waals surface area contributed by atoms with Gasteiger partial charge in [0.15, 0.2) is 0 Å². The fourth-order valence-electron chi connectivity index (χ4n) is 6.99. The molecule has 1 aliphatic heterocycles. The lowest BCUT2D eigenvalue weighted by atomic mass is 9.73. The van der Waals surface area contributed by atoms with Gasteiger partial charge in [0.25, 0.3) is 5.91 Å². The monoisotopic (exact) mass is 657 g/mol. The van der Waals surface area contributed by atoms with Crippen LogP contribution in [0.2, 0.25) is 0 Å². The predicted octanol–water partition coefficient (Wildman–Crippen LogP) is 5.01. The van der Waals surface area contributed by atoms with Gasteiger partial charge in [0, 0.05) is 17.4 Å². The van der Waals surface area contributed by atoms with Crippen molar-refractivity contribution in [1.82, 2.24) is 15.5 Å². The van der Waals surface area contributed by atoms with E-state index in [1.54, 1.807) is 22.7 Å². The third kappa shape index (κ3) is 9.39. The van der Waals surface area contributed by atoms with Crippen molar-refractivity contribution >= 4 is 47.4 Å². The van der Waals surface area contributed by atoms with Crippen LogP contribution in [0.5, 0.6) is 0 Å². The molecule has 10 heteroatoms. The molecule has 0 aromatic heterocycles. The van der Waals surface area contributed by atoms with Crippen molar-refractivity contribution < 1.29 is 24.4 Å². The zero-order valence-electron chi connectivity index (χ0n) is 27.5. The zero-order chi connectivity index (χ0) is 33.3. The van der Waals surface area contributed by atoms with Crippen LogP contribution in [-0.2, 0) is 16.0 Å². The molecule has 1 saturated carbocycles. The molecule has 0 spiro atoms. The van der Waals surface area contributed by atoms with E-state index in [0.29, 0.717) is 30.9 Å². The summed E-state index contributed by atoms with van der Waals surface area (Å²) in [6.07, 6.45) is 7.30. The largest absolute Gasteiger partial charge is 0.475 e. The van der Waals surface area contributed by atoms with Crippen molar-refractivity contribution in [1.29, 1.82) is 0 Å². The van der Waals surface area contributed by atoms with E-state index in [1.807, 2.05) is 68.4 Å². The number of fused-ring (bicyclic) bond motifs is 1. The van der Waals surface area contributed by atoms with E-state index < -0.39 is 31.1 Å². The second-order valence-electron chi connectivity index (χ2n) is 13.5. The first kappa shape index (κ1) is 35.0. The van der Waals surface area contributed by atoms with E-state index in [-0.39, 0.29) is 23.0 Å². The average Bonchev–Trinajstić information content (AvgIpc) is 3.51. The molecule has 1 saturated heterocycles. The van der Waals surface area contributed by atoms with Crippen molar-refractivity contribution in [3.63, 3.8) is 0 Å². The zero-order valence-corrected chi connectivity index (χ0v) is 28.3. The molecule has 47 heavy (non-hydrogen) atoms. The average molecular weight is 658 g/mol. The predicted molar refractivity (Wildman–Crippen MR) is 190 cm³/mol. The van der Waals surface area contributed by atoms with Gasteiger partial charge in [-0.15, -0.1) is 0 Å². The van der Waals surface area contributed by atoms with Gasteiger partial charge in [-0.05, 0) is 65.3 Å². The Labute approximate surface area is 283 Å². The Kier molecular flexibility index (Phi) is 12.4. The molecule has 2 unspecified atom stereocenters. The first-order valence-corrected chi connectivity index (χ1v) is 18.2. The van der Waals surface area contributed by atoms with Crippen LogP contribution in [0.3, 0.4) is 0 Å².